The Morgan fingerprint density at radius 3 is 2.90 bits per heavy atom. The summed E-state index contributed by atoms with van der Waals surface area (Å²) in [6.07, 6.45) is 2.16. The predicted octanol–water partition coefficient (Wildman–Crippen LogP) is 1.80. The standard InChI is InChI=1S/C15H22ClN3O2/c1-12(19-6-8-21-9-7-19)10-14(20)18(2)11-13-4-3-5-17-15(13)16/h3-5,12H,6-11H2,1-2H3. The molecule has 2 heterocycles. The molecule has 1 saturated heterocycles. The van der Waals surface area contributed by atoms with Crippen LogP contribution in [0.25, 0.3) is 0 Å². The van der Waals surface area contributed by atoms with Gasteiger partial charge in [0, 0.05) is 50.9 Å². The van der Waals surface area contributed by atoms with E-state index < -0.39 is 0 Å². The van der Waals surface area contributed by atoms with Crippen molar-refractivity contribution in [3.05, 3.63) is 29.0 Å². The quantitative estimate of drug-likeness (QED) is 0.778. The van der Waals surface area contributed by atoms with Gasteiger partial charge in [0.25, 0.3) is 0 Å². The molecule has 0 spiro atoms. The molecule has 1 amide bonds. The monoisotopic (exact) mass is 311 g/mol. The Balaban J connectivity index is 1.86. The Kier molecular flexibility index (Phi) is 5.96. The first-order chi connectivity index (χ1) is 10.1. The van der Waals surface area contributed by atoms with E-state index in [1.54, 1.807) is 18.1 Å². The first-order valence-corrected chi connectivity index (χ1v) is 7.61. The summed E-state index contributed by atoms with van der Waals surface area (Å²) in [6.45, 7) is 5.87. The van der Waals surface area contributed by atoms with Crippen LogP contribution in [-0.4, -0.2) is 60.1 Å². The van der Waals surface area contributed by atoms with Crippen LogP contribution in [0.3, 0.4) is 0 Å². The van der Waals surface area contributed by atoms with E-state index in [-0.39, 0.29) is 11.9 Å². The third kappa shape index (κ3) is 4.66. The second-order valence-corrected chi connectivity index (χ2v) is 5.76. The van der Waals surface area contributed by atoms with Crippen LogP contribution in [-0.2, 0) is 16.1 Å². The van der Waals surface area contributed by atoms with Gasteiger partial charge < -0.3 is 9.64 Å². The molecule has 1 aliphatic heterocycles. The maximum Gasteiger partial charge on any atom is 0.224 e. The van der Waals surface area contributed by atoms with E-state index in [2.05, 4.69) is 16.8 Å². The van der Waals surface area contributed by atoms with E-state index in [9.17, 15) is 4.79 Å². The zero-order valence-electron chi connectivity index (χ0n) is 12.6. The van der Waals surface area contributed by atoms with Crippen LogP contribution >= 0.6 is 11.6 Å². The lowest BCUT2D eigenvalue weighted by Gasteiger charge is -2.32. The third-order valence-electron chi connectivity index (χ3n) is 3.81. The fraction of sp³-hybridized carbons (Fsp3) is 0.600. The number of rotatable bonds is 5. The van der Waals surface area contributed by atoms with Crippen LogP contribution in [0.15, 0.2) is 18.3 Å². The second kappa shape index (κ2) is 7.73. The van der Waals surface area contributed by atoms with Gasteiger partial charge in [-0.1, -0.05) is 17.7 Å². The number of carbonyl (C=O) groups excluding carboxylic acids is 1. The van der Waals surface area contributed by atoms with Gasteiger partial charge in [0.1, 0.15) is 5.15 Å². The molecule has 0 N–H and O–H groups in total. The van der Waals surface area contributed by atoms with E-state index in [0.717, 1.165) is 31.9 Å². The fourth-order valence-corrected chi connectivity index (χ4v) is 2.62. The molecule has 1 atom stereocenters. The van der Waals surface area contributed by atoms with Crippen molar-refractivity contribution < 1.29 is 9.53 Å². The third-order valence-corrected chi connectivity index (χ3v) is 4.15. The Morgan fingerprint density at radius 1 is 1.52 bits per heavy atom. The van der Waals surface area contributed by atoms with Crippen molar-refractivity contribution in [2.75, 3.05) is 33.4 Å². The number of pyridine rings is 1. The molecule has 0 aromatic carbocycles. The van der Waals surface area contributed by atoms with E-state index in [0.29, 0.717) is 18.1 Å². The highest BCUT2D eigenvalue weighted by atomic mass is 35.5. The highest BCUT2D eigenvalue weighted by molar-refractivity contribution is 6.30. The van der Waals surface area contributed by atoms with E-state index in [1.165, 1.54) is 0 Å². The van der Waals surface area contributed by atoms with Gasteiger partial charge in [-0.2, -0.15) is 0 Å². The summed E-state index contributed by atoms with van der Waals surface area (Å²) in [5.74, 6) is 0.119. The van der Waals surface area contributed by atoms with Crippen molar-refractivity contribution in [2.45, 2.75) is 25.9 Å². The largest absolute Gasteiger partial charge is 0.379 e. The predicted molar refractivity (Wildman–Crippen MR) is 82.2 cm³/mol. The summed E-state index contributed by atoms with van der Waals surface area (Å²) in [5.41, 5.74) is 0.869. The molecule has 0 bridgehead atoms. The number of morpholine rings is 1. The normalized spacial score (nSPS) is 17.5. The number of aromatic nitrogens is 1. The molecule has 0 aliphatic carbocycles. The lowest BCUT2D eigenvalue weighted by Crippen LogP contribution is -2.44. The molecule has 116 valence electrons. The van der Waals surface area contributed by atoms with Gasteiger partial charge in [0.05, 0.1) is 13.2 Å². The Bertz CT molecular complexity index is 478. The zero-order valence-corrected chi connectivity index (χ0v) is 13.3. The summed E-state index contributed by atoms with van der Waals surface area (Å²) < 4.78 is 5.34. The smallest absolute Gasteiger partial charge is 0.224 e. The van der Waals surface area contributed by atoms with Crippen LogP contribution in [0.5, 0.6) is 0 Å². The molecule has 1 fully saturated rings. The van der Waals surface area contributed by atoms with Crippen molar-refractivity contribution in [2.24, 2.45) is 0 Å². The summed E-state index contributed by atoms with van der Waals surface area (Å²) >= 11 is 6.03. The summed E-state index contributed by atoms with van der Waals surface area (Å²) in [7, 11) is 1.80. The number of ether oxygens (including phenoxy) is 1. The lowest BCUT2D eigenvalue weighted by atomic mass is 10.1. The first kappa shape index (κ1) is 16.2. The highest BCUT2D eigenvalue weighted by Gasteiger charge is 2.21. The topological polar surface area (TPSA) is 45.7 Å². The minimum atomic E-state index is 0.119. The van der Waals surface area contributed by atoms with Crippen molar-refractivity contribution in [3.8, 4) is 0 Å². The molecular weight excluding hydrogens is 290 g/mol. The van der Waals surface area contributed by atoms with Gasteiger partial charge in [-0.25, -0.2) is 4.98 Å². The Morgan fingerprint density at radius 2 is 2.24 bits per heavy atom. The van der Waals surface area contributed by atoms with Crippen LogP contribution in [0, 0.1) is 0 Å². The summed E-state index contributed by atoms with van der Waals surface area (Å²) in [6, 6.07) is 3.95. The number of hydrogen-bond donors (Lipinski definition) is 0. The summed E-state index contributed by atoms with van der Waals surface area (Å²) in [5, 5.41) is 0.457. The van der Waals surface area contributed by atoms with Gasteiger partial charge in [-0.05, 0) is 13.0 Å². The summed E-state index contributed by atoms with van der Waals surface area (Å²) in [4.78, 5) is 20.4. The minimum Gasteiger partial charge on any atom is -0.379 e. The SMILES string of the molecule is CC(CC(=O)N(C)Cc1cccnc1Cl)N1CCOCC1. The number of amides is 1. The van der Waals surface area contributed by atoms with E-state index in [4.69, 9.17) is 16.3 Å². The average Bonchev–Trinajstić information content (AvgIpc) is 2.50. The van der Waals surface area contributed by atoms with Crippen LogP contribution in [0.2, 0.25) is 5.15 Å². The maximum absolute atomic E-state index is 12.3. The van der Waals surface area contributed by atoms with Gasteiger partial charge in [-0.15, -0.1) is 0 Å². The molecule has 1 aliphatic rings. The lowest BCUT2D eigenvalue weighted by molar-refractivity contribution is -0.132. The van der Waals surface area contributed by atoms with Gasteiger partial charge >= 0.3 is 0 Å². The van der Waals surface area contributed by atoms with Crippen molar-refractivity contribution in [3.63, 3.8) is 0 Å². The molecule has 5 nitrogen and oxygen atoms in total. The fourth-order valence-electron chi connectivity index (χ4n) is 2.44. The van der Waals surface area contributed by atoms with Crippen LogP contribution in [0.1, 0.15) is 18.9 Å². The number of carbonyl (C=O) groups is 1. The molecule has 21 heavy (non-hydrogen) atoms. The number of nitrogens with zero attached hydrogens (tertiary/aromatic N) is 3. The zero-order chi connectivity index (χ0) is 15.2. The number of hydrogen-bond acceptors (Lipinski definition) is 4. The molecule has 1 aromatic heterocycles. The van der Waals surface area contributed by atoms with Crippen LogP contribution in [0.4, 0.5) is 0 Å². The maximum atomic E-state index is 12.3. The van der Waals surface area contributed by atoms with E-state index in [1.807, 2.05) is 12.1 Å². The molecular formula is C15H22ClN3O2. The second-order valence-electron chi connectivity index (χ2n) is 5.40. The van der Waals surface area contributed by atoms with Crippen molar-refractivity contribution >= 4 is 17.5 Å². The molecule has 0 saturated carbocycles. The Hall–Kier alpha value is -1.17. The molecule has 1 unspecified atom stereocenters. The van der Waals surface area contributed by atoms with Crippen molar-refractivity contribution in [1.82, 2.24) is 14.8 Å². The number of halogens is 1. The van der Waals surface area contributed by atoms with Crippen molar-refractivity contribution in [1.29, 1.82) is 0 Å². The molecule has 0 radical (unpaired) electrons. The van der Waals surface area contributed by atoms with Gasteiger partial charge in [0.15, 0.2) is 0 Å². The molecule has 1 aromatic rings. The molecule has 6 heteroatoms. The van der Waals surface area contributed by atoms with Gasteiger partial charge in [-0.3, -0.25) is 9.69 Å². The Labute approximate surface area is 130 Å². The average molecular weight is 312 g/mol. The van der Waals surface area contributed by atoms with E-state index >= 15 is 0 Å². The molecule has 2 rings (SSSR count). The highest BCUT2D eigenvalue weighted by Crippen LogP contribution is 2.15. The first-order valence-electron chi connectivity index (χ1n) is 7.23. The minimum absolute atomic E-state index is 0.119. The van der Waals surface area contributed by atoms with Gasteiger partial charge in [0.2, 0.25) is 5.91 Å². The van der Waals surface area contributed by atoms with Crippen LogP contribution < -0.4 is 0 Å².